The average Bonchev–Trinajstić information content (AvgIpc) is 2.48. The fourth-order valence-electron chi connectivity index (χ4n) is 1.99. The highest BCUT2D eigenvalue weighted by Gasteiger charge is 2.13. The average molecular weight is 309 g/mol. The summed E-state index contributed by atoms with van der Waals surface area (Å²) in [6.45, 7) is 1.98. The number of hydrogen-bond donors (Lipinski definition) is 1. The van der Waals surface area contributed by atoms with Gasteiger partial charge < -0.3 is 10.5 Å². The van der Waals surface area contributed by atoms with E-state index in [1.807, 2.05) is 25.1 Å². The largest absolute Gasteiger partial charge is 0.496 e. The molecule has 0 fully saturated rings. The molecule has 5 heteroatoms. The molecule has 2 nitrogen and oxygen atoms in total. The summed E-state index contributed by atoms with van der Waals surface area (Å²) in [6.07, 6.45) is 0. The molecule has 0 aliphatic rings. The molecule has 0 heterocycles. The normalized spacial score (nSPS) is 12.2. The van der Waals surface area contributed by atoms with Gasteiger partial charge in [0.05, 0.1) is 7.11 Å². The second kappa shape index (κ2) is 6.91. The number of hydrogen-bond acceptors (Lipinski definition) is 3. The molecular weight excluding hydrogens is 292 g/mol. The van der Waals surface area contributed by atoms with E-state index < -0.39 is 11.6 Å². The smallest absolute Gasteiger partial charge is 0.159 e. The Labute approximate surface area is 127 Å². The molecule has 0 saturated heterocycles. The number of methoxy groups -OCH3 is 1. The van der Waals surface area contributed by atoms with Crippen LogP contribution in [0.4, 0.5) is 8.78 Å². The van der Waals surface area contributed by atoms with E-state index in [9.17, 15) is 8.78 Å². The zero-order chi connectivity index (χ0) is 15.4. The minimum atomic E-state index is -0.846. The van der Waals surface area contributed by atoms with Crippen LogP contribution >= 0.6 is 11.8 Å². The maximum absolute atomic E-state index is 13.2. The summed E-state index contributed by atoms with van der Waals surface area (Å²) in [5.41, 5.74) is 8.19. The molecular formula is C16H17F2NOS. The Balaban J connectivity index is 2.09. The van der Waals surface area contributed by atoms with Gasteiger partial charge in [-0.2, -0.15) is 0 Å². The van der Waals surface area contributed by atoms with E-state index in [1.165, 1.54) is 17.8 Å². The minimum Gasteiger partial charge on any atom is -0.496 e. The summed E-state index contributed by atoms with van der Waals surface area (Å²) < 4.78 is 31.3. The topological polar surface area (TPSA) is 35.2 Å². The Morgan fingerprint density at radius 1 is 1.14 bits per heavy atom. The predicted molar refractivity (Wildman–Crippen MR) is 81.7 cm³/mol. The minimum absolute atomic E-state index is 0.252. The van der Waals surface area contributed by atoms with Crippen LogP contribution in [0.5, 0.6) is 5.75 Å². The molecule has 0 amide bonds. The van der Waals surface area contributed by atoms with Gasteiger partial charge in [-0.1, -0.05) is 17.7 Å². The molecule has 2 N–H and O–H groups in total. The van der Waals surface area contributed by atoms with Crippen molar-refractivity contribution in [2.24, 2.45) is 5.73 Å². The van der Waals surface area contributed by atoms with Crippen LogP contribution in [-0.4, -0.2) is 12.9 Å². The zero-order valence-corrected chi connectivity index (χ0v) is 12.7. The SMILES string of the molecule is COc1ccc(C)cc1C(N)CSc1ccc(F)c(F)c1. The standard InChI is InChI=1S/C16H17F2NOS/c1-10-3-6-16(20-2)12(7-10)15(19)9-21-11-4-5-13(17)14(18)8-11/h3-8,15H,9,19H2,1-2H3. The first-order valence-corrected chi connectivity index (χ1v) is 7.48. The van der Waals surface area contributed by atoms with Gasteiger partial charge in [-0.05, 0) is 31.2 Å². The molecule has 0 spiro atoms. The van der Waals surface area contributed by atoms with Gasteiger partial charge in [-0.3, -0.25) is 0 Å². The van der Waals surface area contributed by atoms with Crippen LogP contribution in [0.3, 0.4) is 0 Å². The van der Waals surface area contributed by atoms with Gasteiger partial charge >= 0.3 is 0 Å². The van der Waals surface area contributed by atoms with Crippen molar-refractivity contribution in [3.63, 3.8) is 0 Å². The van der Waals surface area contributed by atoms with Crippen molar-refractivity contribution in [1.29, 1.82) is 0 Å². The Morgan fingerprint density at radius 3 is 2.57 bits per heavy atom. The van der Waals surface area contributed by atoms with Crippen molar-refractivity contribution in [3.05, 3.63) is 59.2 Å². The summed E-state index contributed by atoms with van der Waals surface area (Å²) in [5, 5.41) is 0. The molecule has 2 aromatic carbocycles. The molecule has 2 rings (SSSR count). The van der Waals surface area contributed by atoms with Crippen LogP contribution in [0.2, 0.25) is 0 Å². The van der Waals surface area contributed by atoms with Crippen molar-refractivity contribution in [2.75, 3.05) is 12.9 Å². The number of benzene rings is 2. The number of ether oxygens (including phenoxy) is 1. The van der Waals surface area contributed by atoms with Crippen molar-refractivity contribution >= 4 is 11.8 Å². The quantitative estimate of drug-likeness (QED) is 0.846. The van der Waals surface area contributed by atoms with E-state index in [2.05, 4.69) is 0 Å². The number of halogens is 2. The van der Waals surface area contributed by atoms with Crippen LogP contribution in [0.25, 0.3) is 0 Å². The van der Waals surface area contributed by atoms with Crippen LogP contribution in [0, 0.1) is 18.6 Å². The number of rotatable bonds is 5. The molecule has 0 bridgehead atoms. The summed E-state index contributed by atoms with van der Waals surface area (Å²) in [7, 11) is 1.60. The van der Waals surface area contributed by atoms with Crippen LogP contribution in [-0.2, 0) is 0 Å². The zero-order valence-electron chi connectivity index (χ0n) is 11.9. The van der Waals surface area contributed by atoms with E-state index in [-0.39, 0.29) is 6.04 Å². The van der Waals surface area contributed by atoms with Gasteiger partial charge in [-0.15, -0.1) is 11.8 Å². The lowest BCUT2D eigenvalue weighted by atomic mass is 10.1. The molecule has 0 saturated carbocycles. The first kappa shape index (κ1) is 15.8. The molecule has 21 heavy (non-hydrogen) atoms. The van der Waals surface area contributed by atoms with Crippen LogP contribution < -0.4 is 10.5 Å². The molecule has 1 unspecified atom stereocenters. The maximum Gasteiger partial charge on any atom is 0.159 e. The Morgan fingerprint density at radius 2 is 1.90 bits per heavy atom. The van der Waals surface area contributed by atoms with Crippen LogP contribution in [0.15, 0.2) is 41.3 Å². The predicted octanol–water partition coefficient (Wildman–Crippen LogP) is 4.07. The second-order valence-corrected chi connectivity index (χ2v) is 5.83. The fourth-order valence-corrected chi connectivity index (χ4v) is 2.89. The van der Waals surface area contributed by atoms with E-state index in [4.69, 9.17) is 10.5 Å². The lowest BCUT2D eigenvalue weighted by Crippen LogP contribution is -2.14. The van der Waals surface area contributed by atoms with Gasteiger partial charge in [0.15, 0.2) is 11.6 Å². The summed E-state index contributed by atoms with van der Waals surface area (Å²) in [5.74, 6) is -0.407. The maximum atomic E-state index is 13.2. The van der Waals surface area contributed by atoms with Gasteiger partial charge in [0, 0.05) is 22.3 Å². The van der Waals surface area contributed by atoms with E-state index >= 15 is 0 Å². The van der Waals surface area contributed by atoms with Crippen molar-refractivity contribution in [3.8, 4) is 5.75 Å². The van der Waals surface area contributed by atoms with Gasteiger partial charge in [0.2, 0.25) is 0 Å². The Bertz CT molecular complexity index is 634. The first-order valence-electron chi connectivity index (χ1n) is 6.49. The Hall–Kier alpha value is -1.59. The monoisotopic (exact) mass is 309 g/mol. The Kier molecular flexibility index (Phi) is 5.20. The highest BCUT2D eigenvalue weighted by atomic mass is 32.2. The number of aryl methyl sites for hydroxylation is 1. The molecule has 0 aliphatic carbocycles. The summed E-state index contributed by atoms with van der Waals surface area (Å²) >= 11 is 1.38. The molecule has 112 valence electrons. The third-order valence-electron chi connectivity index (χ3n) is 3.11. The molecule has 0 radical (unpaired) electrons. The van der Waals surface area contributed by atoms with E-state index in [0.717, 1.165) is 22.9 Å². The highest BCUT2D eigenvalue weighted by molar-refractivity contribution is 7.99. The van der Waals surface area contributed by atoms with E-state index in [0.29, 0.717) is 10.6 Å². The lowest BCUT2D eigenvalue weighted by molar-refractivity contribution is 0.407. The first-order chi connectivity index (χ1) is 10.0. The summed E-state index contributed by atoms with van der Waals surface area (Å²) in [4.78, 5) is 0.649. The highest BCUT2D eigenvalue weighted by Crippen LogP contribution is 2.30. The molecule has 0 aromatic heterocycles. The number of thioether (sulfide) groups is 1. The summed E-state index contributed by atoms with van der Waals surface area (Å²) in [6, 6.07) is 9.41. The van der Waals surface area contributed by atoms with E-state index in [1.54, 1.807) is 13.2 Å². The van der Waals surface area contributed by atoms with Crippen molar-refractivity contribution < 1.29 is 13.5 Å². The van der Waals surface area contributed by atoms with Crippen LogP contribution in [0.1, 0.15) is 17.2 Å². The molecule has 2 aromatic rings. The molecule has 0 aliphatic heterocycles. The lowest BCUT2D eigenvalue weighted by Gasteiger charge is -2.16. The van der Waals surface area contributed by atoms with Gasteiger partial charge in [0.1, 0.15) is 5.75 Å². The molecule has 1 atom stereocenters. The van der Waals surface area contributed by atoms with Crippen molar-refractivity contribution in [2.45, 2.75) is 17.9 Å². The third kappa shape index (κ3) is 3.95. The van der Waals surface area contributed by atoms with Crippen molar-refractivity contribution in [1.82, 2.24) is 0 Å². The third-order valence-corrected chi connectivity index (χ3v) is 4.22. The fraction of sp³-hybridized carbons (Fsp3) is 0.250. The van der Waals surface area contributed by atoms with Gasteiger partial charge in [-0.25, -0.2) is 8.78 Å². The van der Waals surface area contributed by atoms with Gasteiger partial charge in [0.25, 0.3) is 0 Å². The second-order valence-electron chi connectivity index (χ2n) is 4.74. The number of nitrogens with two attached hydrogens (primary N) is 1.